The highest BCUT2D eigenvalue weighted by atomic mass is 19.1. The highest BCUT2D eigenvalue weighted by molar-refractivity contribution is 4.80. The Balaban J connectivity index is 1.56. The second-order valence-corrected chi connectivity index (χ2v) is 4.26. The fraction of sp³-hybridized carbons (Fsp3) is 1.00. The second-order valence-electron chi connectivity index (χ2n) is 4.26. The van der Waals surface area contributed by atoms with Crippen LogP contribution >= 0.6 is 0 Å². The zero-order valence-electron chi connectivity index (χ0n) is 8.21. The van der Waals surface area contributed by atoms with Crippen molar-refractivity contribution in [2.75, 3.05) is 39.3 Å². The Morgan fingerprint density at radius 1 is 0.923 bits per heavy atom. The largest absolute Gasteiger partial charge is 0.302 e. The Kier molecular flexibility index (Phi) is 3.17. The molecule has 2 heterocycles. The standard InChI is InChI=1S/C10H19FN2/c11-10-8-13(9-10)7-6-12-4-2-1-3-5-12/h10H,1-9H2. The van der Waals surface area contributed by atoms with Gasteiger partial charge in [-0.25, -0.2) is 4.39 Å². The van der Waals surface area contributed by atoms with Crippen LogP contribution in [0.5, 0.6) is 0 Å². The van der Waals surface area contributed by atoms with Gasteiger partial charge in [-0.15, -0.1) is 0 Å². The van der Waals surface area contributed by atoms with Gasteiger partial charge in [0.25, 0.3) is 0 Å². The van der Waals surface area contributed by atoms with Crippen molar-refractivity contribution in [2.45, 2.75) is 25.4 Å². The fourth-order valence-electron chi connectivity index (χ4n) is 2.16. The molecule has 2 fully saturated rings. The molecule has 76 valence electrons. The first-order valence-corrected chi connectivity index (χ1v) is 5.43. The summed E-state index contributed by atoms with van der Waals surface area (Å²) < 4.78 is 12.5. The quantitative estimate of drug-likeness (QED) is 0.652. The van der Waals surface area contributed by atoms with Gasteiger partial charge in [-0.2, -0.15) is 0 Å². The number of nitrogens with zero attached hydrogens (tertiary/aromatic N) is 2. The third kappa shape index (κ3) is 2.64. The maximum Gasteiger partial charge on any atom is 0.125 e. The molecular formula is C10H19FN2. The van der Waals surface area contributed by atoms with Crippen LogP contribution < -0.4 is 0 Å². The average molecular weight is 186 g/mol. The molecule has 2 nitrogen and oxygen atoms in total. The van der Waals surface area contributed by atoms with Gasteiger partial charge in [0.1, 0.15) is 6.17 Å². The molecule has 2 aliphatic heterocycles. The Hall–Kier alpha value is -0.150. The van der Waals surface area contributed by atoms with Crippen molar-refractivity contribution in [1.29, 1.82) is 0 Å². The lowest BCUT2D eigenvalue weighted by molar-refractivity contribution is 0.0537. The highest BCUT2D eigenvalue weighted by Crippen LogP contribution is 2.12. The molecule has 0 aliphatic carbocycles. The van der Waals surface area contributed by atoms with Crippen LogP contribution in [-0.4, -0.2) is 55.2 Å². The molecule has 0 spiro atoms. The van der Waals surface area contributed by atoms with E-state index in [-0.39, 0.29) is 0 Å². The highest BCUT2D eigenvalue weighted by Gasteiger charge is 2.25. The molecule has 0 saturated carbocycles. The van der Waals surface area contributed by atoms with Crippen LogP contribution in [-0.2, 0) is 0 Å². The number of halogens is 1. The molecule has 0 atom stereocenters. The van der Waals surface area contributed by atoms with Crippen molar-refractivity contribution in [1.82, 2.24) is 9.80 Å². The van der Waals surface area contributed by atoms with Crippen molar-refractivity contribution in [3.63, 3.8) is 0 Å². The zero-order valence-corrected chi connectivity index (χ0v) is 8.21. The van der Waals surface area contributed by atoms with Crippen molar-refractivity contribution < 1.29 is 4.39 Å². The smallest absolute Gasteiger partial charge is 0.125 e. The minimum absolute atomic E-state index is 0.540. The van der Waals surface area contributed by atoms with E-state index in [1.54, 1.807) is 0 Å². The van der Waals surface area contributed by atoms with E-state index in [9.17, 15) is 4.39 Å². The van der Waals surface area contributed by atoms with Gasteiger partial charge in [-0.3, -0.25) is 4.90 Å². The molecular weight excluding hydrogens is 167 g/mol. The van der Waals surface area contributed by atoms with E-state index in [0.29, 0.717) is 13.1 Å². The Labute approximate surface area is 79.7 Å². The van der Waals surface area contributed by atoms with Crippen LogP contribution in [0, 0.1) is 0 Å². The summed E-state index contributed by atoms with van der Waals surface area (Å²) in [5.41, 5.74) is 0. The van der Waals surface area contributed by atoms with Crippen LogP contribution in [0.15, 0.2) is 0 Å². The number of piperidine rings is 1. The third-order valence-corrected chi connectivity index (χ3v) is 3.09. The van der Waals surface area contributed by atoms with E-state index in [4.69, 9.17) is 0 Å². The van der Waals surface area contributed by atoms with Gasteiger partial charge in [-0.05, 0) is 25.9 Å². The van der Waals surface area contributed by atoms with Gasteiger partial charge in [-0.1, -0.05) is 6.42 Å². The second kappa shape index (κ2) is 4.38. The summed E-state index contributed by atoms with van der Waals surface area (Å²) in [6, 6.07) is 0. The fourth-order valence-corrected chi connectivity index (χ4v) is 2.16. The van der Waals surface area contributed by atoms with Gasteiger partial charge in [0.15, 0.2) is 0 Å². The molecule has 0 aromatic rings. The van der Waals surface area contributed by atoms with Crippen LogP contribution in [0.25, 0.3) is 0 Å². The predicted octanol–water partition coefficient (Wildman–Crippen LogP) is 1.13. The van der Waals surface area contributed by atoms with Gasteiger partial charge >= 0.3 is 0 Å². The molecule has 2 aliphatic rings. The van der Waals surface area contributed by atoms with Crippen LogP contribution in [0.2, 0.25) is 0 Å². The van der Waals surface area contributed by atoms with E-state index in [1.165, 1.54) is 32.4 Å². The maximum atomic E-state index is 12.5. The minimum Gasteiger partial charge on any atom is -0.302 e. The van der Waals surface area contributed by atoms with E-state index in [0.717, 1.165) is 13.1 Å². The molecule has 0 bridgehead atoms. The van der Waals surface area contributed by atoms with E-state index in [1.807, 2.05) is 0 Å². The lowest BCUT2D eigenvalue weighted by Crippen LogP contribution is -2.51. The van der Waals surface area contributed by atoms with E-state index >= 15 is 0 Å². The first-order chi connectivity index (χ1) is 6.34. The van der Waals surface area contributed by atoms with Crippen molar-refractivity contribution >= 4 is 0 Å². The molecule has 0 N–H and O–H groups in total. The summed E-state index contributed by atoms with van der Waals surface area (Å²) in [4.78, 5) is 4.72. The first-order valence-electron chi connectivity index (χ1n) is 5.43. The van der Waals surface area contributed by atoms with E-state index in [2.05, 4.69) is 9.80 Å². The minimum atomic E-state index is -0.540. The van der Waals surface area contributed by atoms with Crippen molar-refractivity contribution in [3.8, 4) is 0 Å². The average Bonchev–Trinajstić information content (AvgIpc) is 2.12. The van der Waals surface area contributed by atoms with Gasteiger partial charge in [0.2, 0.25) is 0 Å². The number of alkyl halides is 1. The maximum absolute atomic E-state index is 12.5. The Morgan fingerprint density at radius 3 is 2.15 bits per heavy atom. The summed E-state index contributed by atoms with van der Waals surface area (Å²) in [5.74, 6) is 0. The summed E-state index contributed by atoms with van der Waals surface area (Å²) in [7, 11) is 0. The number of hydrogen-bond donors (Lipinski definition) is 0. The van der Waals surface area contributed by atoms with Crippen LogP contribution in [0.4, 0.5) is 4.39 Å². The van der Waals surface area contributed by atoms with E-state index < -0.39 is 6.17 Å². The van der Waals surface area contributed by atoms with Gasteiger partial charge in [0.05, 0.1) is 0 Å². The number of rotatable bonds is 3. The number of hydrogen-bond acceptors (Lipinski definition) is 2. The van der Waals surface area contributed by atoms with Crippen molar-refractivity contribution in [2.24, 2.45) is 0 Å². The Morgan fingerprint density at radius 2 is 1.54 bits per heavy atom. The lowest BCUT2D eigenvalue weighted by Gasteiger charge is -2.36. The molecule has 0 aromatic carbocycles. The van der Waals surface area contributed by atoms with Crippen LogP contribution in [0.3, 0.4) is 0 Å². The normalized spacial score (nSPS) is 27.5. The SMILES string of the molecule is FC1CN(CCN2CCCCC2)C1. The van der Waals surface area contributed by atoms with Gasteiger partial charge < -0.3 is 4.90 Å². The molecule has 0 amide bonds. The summed E-state index contributed by atoms with van der Waals surface area (Å²) in [6.07, 6.45) is 3.56. The first kappa shape index (κ1) is 9.41. The molecule has 2 saturated heterocycles. The Bertz CT molecular complexity index is 151. The topological polar surface area (TPSA) is 6.48 Å². The third-order valence-electron chi connectivity index (χ3n) is 3.09. The molecule has 0 radical (unpaired) electrons. The predicted molar refractivity (Wildman–Crippen MR) is 51.6 cm³/mol. The molecule has 2 rings (SSSR count). The molecule has 0 unspecified atom stereocenters. The number of likely N-dealkylation sites (tertiary alicyclic amines) is 2. The van der Waals surface area contributed by atoms with Gasteiger partial charge in [0, 0.05) is 26.2 Å². The zero-order chi connectivity index (χ0) is 9.10. The summed E-state index contributed by atoms with van der Waals surface area (Å²) in [5, 5.41) is 0. The summed E-state index contributed by atoms with van der Waals surface area (Å²) in [6.45, 7) is 6.08. The molecule has 0 aromatic heterocycles. The monoisotopic (exact) mass is 186 g/mol. The molecule has 3 heteroatoms. The van der Waals surface area contributed by atoms with Crippen LogP contribution in [0.1, 0.15) is 19.3 Å². The summed E-state index contributed by atoms with van der Waals surface area (Å²) >= 11 is 0. The molecule has 13 heavy (non-hydrogen) atoms. The lowest BCUT2D eigenvalue weighted by atomic mass is 10.1. The van der Waals surface area contributed by atoms with Crippen molar-refractivity contribution in [3.05, 3.63) is 0 Å².